The van der Waals surface area contributed by atoms with Gasteiger partial charge in [-0.15, -0.1) is 0 Å². The van der Waals surface area contributed by atoms with Crippen molar-refractivity contribution in [1.82, 2.24) is 0 Å². The molecule has 0 unspecified atom stereocenters. The summed E-state index contributed by atoms with van der Waals surface area (Å²) in [5.41, 5.74) is 2.10. The van der Waals surface area contributed by atoms with E-state index in [1.807, 2.05) is 18.2 Å². The van der Waals surface area contributed by atoms with Crippen LogP contribution in [0.1, 0.15) is 16.7 Å². The minimum atomic E-state index is -0.580. The maximum absolute atomic E-state index is 12.3. The predicted octanol–water partition coefficient (Wildman–Crippen LogP) is 6.07. The Labute approximate surface area is 197 Å². The van der Waals surface area contributed by atoms with E-state index in [1.54, 1.807) is 60.7 Å². The van der Waals surface area contributed by atoms with Gasteiger partial charge in [0.15, 0.2) is 5.70 Å². The standard InChI is InChI=1S/C25H15BrClNO4/c26-19-9-12-22(31-23(29)13-8-16-6-10-20(27)11-7-16)18(14-19)15-21-25(30)32-24(28-21)17-4-2-1-3-5-17/h1-15H/b13-8+,21-15-. The molecule has 1 aliphatic heterocycles. The maximum Gasteiger partial charge on any atom is 0.363 e. The van der Waals surface area contributed by atoms with Gasteiger partial charge >= 0.3 is 11.9 Å². The van der Waals surface area contributed by atoms with Crippen LogP contribution in [-0.2, 0) is 14.3 Å². The van der Waals surface area contributed by atoms with Gasteiger partial charge in [0.05, 0.1) is 0 Å². The van der Waals surface area contributed by atoms with Gasteiger partial charge in [0.25, 0.3) is 0 Å². The van der Waals surface area contributed by atoms with Crippen molar-refractivity contribution in [3.05, 3.63) is 111 Å². The first kappa shape index (κ1) is 21.7. The lowest BCUT2D eigenvalue weighted by atomic mass is 10.1. The van der Waals surface area contributed by atoms with Gasteiger partial charge in [-0.2, -0.15) is 0 Å². The molecule has 0 radical (unpaired) electrons. The van der Waals surface area contributed by atoms with Crippen LogP contribution in [0, 0.1) is 0 Å². The summed E-state index contributed by atoms with van der Waals surface area (Å²) < 4.78 is 11.5. The number of rotatable bonds is 5. The molecule has 0 spiro atoms. The molecule has 0 amide bonds. The molecule has 32 heavy (non-hydrogen) atoms. The Morgan fingerprint density at radius 3 is 2.53 bits per heavy atom. The SMILES string of the molecule is O=C(/C=C/c1ccc(Cl)cc1)Oc1ccc(Br)cc1/C=C1\N=C(c2ccccc2)OC1=O. The van der Waals surface area contributed by atoms with Crippen molar-refractivity contribution in [2.75, 3.05) is 0 Å². The molecule has 3 aromatic rings. The molecule has 0 bridgehead atoms. The number of aliphatic imine (C=N–C) groups is 1. The van der Waals surface area contributed by atoms with Crippen LogP contribution >= 0.6 is 27.5 Å². The van der Waals surface area contributed by atoms with Crippen LogP contribution < -0.4 is 4.74 Å². The Morgan fingerprint density at radius 2 is 1.78 bits per heavy atom. The van der Waals surface area contributed by atoms with Crippen LogP contribution in [0.3, 0.4) is 0 Å². The second kappa shape index (κ2) is 9.77. The van der Waals surface area contributed by atoms with Gasteiger partial charge in [0, 0.05) is 26.7 Å². The molecule has 0 saturated carbocycles. The topological polar surface area (TPSA) is 65.0 Å². The van der Waals surface area contributed by atoms with Crippen molar-refractivity contribution in [2.24, 2.45) is 4.99 Å². The van der Waals surface area contributed by atoms with Gasteiger partial charge in [-0.25, -0.2) is 14.6 Å². The summed E-state index contributed by atoms with van der Waals surface area (Å²) in [6.07, 6.45) is 4.46. The number of esters is 2. The number of hydrogen-bond donors (Lipinski definition) is 0. The highest BCUT2D eigenvalue weighted by atomic mass is 79.9. The molecule has 1 heterocycles. The fourth-order valence-corrected chi connectivity index (χ4v) is 3.37. The van der Waals surface area contributed by atoms with E-state index in [0.29, 0.717) is 16.1 Å². The zero-order valence-electron chi connectivity index (χ0n) is 16.5. The molecule has 5 nitrogen and oxygen atoms in total. The zero-order chi connectivity index (χ0) is 22.5. The summed E-state index contributed by atoms with van der Waals surface area (Å²) in [5, 5.41) is 0.612. The van der Waals surface area contributed by atoms with Crippen LogP contribution in [0.5, 0.6) is 5.75 Å². The predicted molar refractivity (Wildman–Crippen MR) is 127 cm³/mol. The van der Waals surface area contributed by atoms with Crippen LogP contribution in [0.4, 0.5) is 0 Å². The summed E-state index contributed by atoms with van der Waals surface area (Å²) in [6.45, 7) is 0. The van der Waals surface area contributed by atoms with E-state index in [1.165, 1.54) is 12.2 Å². The van der Waals surface area contributed by atoms with Gasteiger partial charge in [-0.1, -0.05) is 57.9 Å². The van der Waals surface area contributed by atoms with E-state index >= 15 is 0 Å². The fourth-order valence-electron chi connectivity index (χ4n) is 2.87. The molecule has 0 N–H and O–H groups in total. The highest BCUT2D eigenvalue weighted by Gasteiger charge is 2.24. The molecule has 0 saturated heterocycles. The van der Waals surface area contributed by atoms with Crippen molar-refractivity contribution in [3.63, 3.8) is 0 Å². The first-order valence-corrected chi connectivity index (χ1v) is 10.7. The number of cyclic esters (lactones) is 1. The molecular formula is C25H15BrClNO4. The highest BCUT2D eigenvalue weighted by Crippen LogP contribution is 2.28. The van der Waals surface area contributed by atoms with E-state index in [9.17, 15) is 9.59 Å². The van der Waals surface area contributed by atoms with Crippen LogP contribution in [0.2, 0.25) is 5.02 Å². The third kappa shape index (κ3) is 5.41. The van der Waals surface area contributed by atoms with Crippen LogP contribution in [0.25, 0.3) is 12.2 Å². The van der Waals surface area contributed by atoms with Crippen molar-refractivity contribution in [1.29, 1.82) is 0 Å². The largest absolute Gasteiger partial charge is 0.423 e. The lowest BCUT2D eigenvalue weighted by Gasteiger charge is -2.06. The molecule has 158 valence electrons. The Balaban J connectivity index is 1.57. The number of carbonyl (C=O) groups excluding carboxylic acids is 2. The number of halogens is 2. The van der Waals surface area contributed by atoms with Crippen molar-refractivity contribution >= 4 is 57.5 Å². The molecular weight excluding hydrogens is 494 g/mol. The Morgan fingerprint density at radius 1 is 1.03 bits per heavy atom. The Kier molecular flexibility index (Phi) is 6.63. The molecule has 7 heteroatoms. The maximum atomic E-state index is 12.3. The molecule has 3 aromatic carbocycles. The van der Waals surface area contributed by atoms with Gasteiger partial charge < -0.3 is 9.47 Å². The number of benzene rings is 3. The minimum Gasteiger partial charge on any atom is -0.423 e. The van der Waals surface area contributed by atoms with Crippen LogP contribution in [-0.4, -0.2) is 17.8 Å². The summed E-state index contributed by atoms with van der Waals surface area (Å²) >= 11 is 9.26. The monoisotopic (exact) mass is 507 g/mol. The Bertz CT molecular complexity index is 1260. The minimum absolute atomic E-state index is 0.107. The van der Waals surface area contributed by atoms with Crippen molar-refractivity contribution < 1.29 is 19.1 Å². The van der Waals surface area contributed by atoms with Crippen LogP contribution in [0.15, 0.2) is 94.0 Å². The summed E-state index contributed by atoms with van der Waals surface area (Å²) in [5.74, 6) is -0.642. The average Bonchev–Trinajstić information content (AvgIpc) is 3.16. The lowest BCUT2D eigenvalue weighted by Crippen LogP contribution is -2.06. The molecule has 0 aromatic heterocycles. The fraction of sp³-hybridized carbons (Fsp3) is 0. The molecule has 1 aliphatic rings. The third-order valence-corrected chi connectivity index (χ3v) is 5.14. The smallest absolute Gasteiger partial charge is 0.363 e. The number of nitrogens with zero attached hydrogens (tertiary/aromatic N) is 1. The zero-order valence-corrected chi connectivity index (χ0v) is 18.8. The quantitative estimate of drug-likeness (QED) is 0.238. The van der Waals surface area contributed by atoms with Crippen molar-refractivity contribution in [2.45, 2.75) is 0 Å². The van der Waals surface area contributed by atoms with Gasteiger partial charge in [0.1, 0.15) is 5.75 Å². The average molecular weight is 509 g/mol. The first-order chi connectivity index (χ1) is 15.5. The van der Waals surface area contributed by atoms with Gasteiger partial charge in [-0.05, 0) is 60.2 Å². The highest BCUT2D eigenvalue weighted by molar-refractivity contribution is 9.10. The summed E-state index contributed by atoms with van der Waals surface area (Å²) in [7, 11) is 0. The van der Waals surface area contributed by atoms with E-state index in [4.69, 9.17) is 21.1 Å². The Hall–Kier alpha value is -3.48. The summed E-state index contributed by atoms with van der Waals surface area (Å²) in [6, 6.07) is 21.3. The van der Waals surface area contributed by atoms with E-state index in [2.05, 4.69) is 20.9 Å². The lowest BCUT2D eigenvalue weighted by molar-refractivity contribution is -0.130. The molecule has 0 fully saturated rings. The van der Waals surface area contributed by atoms with E-state index < -0.39 is 11.9 Å². The second-order valence-corrected chi connectivity index (χ2v) is 8.04. The molecule has 0 aliphatic carbocycles. The van der Waals surface area contributed by atoms with Gasteiger partial charge in [-0.3, -0.25) is 0 Å². The normalized spacial score (nSPS) is 14.5. The molecule has 0 atom stereocenters. The van der Waals surface area contributed by atoms with E-state index in [-0.39, 0.29) is 17.3 Å². The van der Waals surface area contributed by atoms with E-state index in [0.717, 1.165) is 10.0 Å². The summed E-state index contributed by atoms with van der Waals surface area (Å²) in [4.78, 5) is 29.0. The molecule has 4 rings (SSSR count). The first-order valence-electron chi connectivity index (χ1n) is 9.51. The third-order valence-electron chi connectivity index (χ3n) is 4.40. The number of hydrogen-bond acceptors (Lipinski definition) is 5. The second-order valence-electron chi connectivity index (χ2n) is 6.69. The number of ether oxygens (including phenoxy) is 2. The van der Waals surface area contributed by atoms with Crippen molar-refractivity contribution in [3.8, 4) is 5.75 Å². The number of carbonyl (C=O) groups is 2. The van der Waals surface area contributed by atoms with Gasteiger partial charge in [0.2, 0.25) is 5.90 Å².